The van der Waals surface area contributed by atoms with Gasteiger partial charge in [-0.15, -0.1) is 0 Å². The highest BCUT2D eigenvalue weighted by atomic mass is 35.5. The fraction of sp³-hybridized carbons (Fsp3) is 0.350. The molecule has 2 aromatic heterocycles. The van der Waals surface area contributed by atoms with Gasteiger partial charge in [-0.2, -0.15) is 0 Å². The summed E-state index contributed by atoms with van der Waals surface area (Å²) in [5.41, 5.74) is 8.27. The number of nitrogens with two attached hydrogens (primary N) is 1. The van der Waals surface area contributed by atoms with Gasteiger partial charge in [0.25, 0.3) is 0 Å². The maximum Gasteiger partial charge on any atom is 0.141 e. The molecule has 3 rings (SSSR count). The van der Waals surface area contributed by atoms with Crippen molar-refractivity contribution in [1.82, 2.24) is 15.0 Å². The van der Waals surface area contributed by atoms with Gasteiger partial charge in [-0.25, -0.2) is 9.97 Å². The van der Waals surface area contributed by atoms with Crippen LogP contribution in [0, 0.1) is 5.41 Å². The van der Waals surface area contributed by atoms with E-state index in [2.05, 4.69) is 20.3 Å². The van der Waals surface area contributed by atoms with Gasteiger partial charge in [-0.05, 0) is 38.8 Å². The van der Waals surface area contributed by atoms with Gasteiger partial charge in [0.05, 0.1) is 28.1 Å². The van der Waals surface area contributed by atoms with Crippen LogP contribution in [0.25, 0.3) is 10.9 Å². The predicted molar refractivity (Wildman–Crippen MR) is 114 cm³/mol. The molecule has 0 bridgehead atoms. The summed E-state index contributed by atoms with van der Waals surface area (Å²) in [5.74, 6) is 0.672. The molecule has 1 atom stereocenters. The van der Waals surface area contributed by atoms with Crippen molar-refractivity contribution in [3.63, 3.8) is 0 Å². The molecular weight excluding hydrogens is 376 g/mol. The first-order valence-electron chi connectivity index (χ1n) is 9.09. The number of hydrogen-bond acceptors (Lipinski definition) is 6. The van der Waals surface area contributed by atoms with Gasteiger partial charge in [0.2, 0.25) is 0 Å². The second-order valence-electron chi connectivity index (χ2n) is 7.78. The molecule has 7 nitrogen and oxygen atoms in total. The van der Waals surface area contributed by atoms with Crippen LogP contribution in [0.5, 0.6) is 0 Å². The third-order valence-corrected chi connectivity index (χ3v) is 4.79. The first-order valence-corrected chi connectivity index (χ1v) is 9.47. The zero-order chi connectivity index (χ0) is 20.6. The van der Waals surface area contributed by atoms with E-state index in [0.29, 0.717) is 28.5 Å². The lowest BCUT2D eigenvalue weighted by atomic mass is 10.0. The number of nitrogens with one attached hydrogen (secondary N) is 3. The van der Waals surface area contributed by atoms with Gasteiger partial charge < -0.3 is 21.1 Å². The van der Waals surface area contributed by atoms with Gasteiger partial charge in [0, 0.05) is 16.4 Å². The molecule has 0 saturated heterocycles. The summed E-state index contributed by atoms with van der Waals surface area (Å²) in [7, 11) is 0. The van der Waals surface area contributed by atoms with E-state index in [1.165, 1.54) is 6.33 Å². The van der Waals surface area contributed by atoms with Crippen molar-refractivity contribution in [3.05, 3.63) is 46.4 Å². The minimum Gasteiger partial charge on any atom is -0.388 e. The molecule has 0 aliphatic carbocycles. The molecule has 1 aromatic carbocycles. The van der Waals surface area contributed by atoms with Crippen molar-refractivity contribution < 1.29 is 5.11 Å². The maximum atomic E-state index is 10.1. The van der Waals surface area contributed by atoms with Crippen molar-refractivity contribution in [3.8, 4) is 0 Å². The summed E-state index contributed by atoms with van der Waals surface area (Å²) in [6, 6.07) is 5.54. The Labute approximate surface area is 168 Å². The zero-order valence-electron chi connectivity index (χ0n) is 16.4. The standard InChI is InChI=1S/C20H25ClN6O/c1-5-13(28)10-6-7-11-12(8-10)26-17(15(11)21)16(22)14-18(23)24-9-25-19(14)27-20(2,3)4/h6-9,13,22,26,28H,5H2,1-4H3,(H3,23,24,25,27). The number of benzene rings is 1. The van der Waals surface area contributed by atoms with Crippen LogP contribution in [0.4, 0.5) is 11.6 Å². The Bertz CT molecular complexity index is 1040. The molecule has 8 heteroatoms. The highest BCUT2D eigenvalue weighted by molar-refractivity contribution is 6.40. The third kappa shape index (κ3) is 3.81. The van der Waals surface area contributed by atoms with Gasteiger partial charge in [0.1, 0.15) is 18.0 Å². The number of hydrogen-bond donors (Lipinski definition) is 5. The van der Waals surface area contributed by atoms with Crippen LogP contribution in [0.15, 0.2) is 24.5 Å². The number of aliphatic hydroxyl groups excluding tert-OH is 1. The van der Waals surface area contributed by atoms with Gasteiger partial charge in [-0.3, -0.25) is 5.41 Å². The SMILES string of the molecule is CCC(O)c1ccc2c(Cl)c(C(=N)c3c(N)ncnc3NC(C)(C)C)[nH]c2c1. The fourth-order valence-corrected chi connectivity index (χ4v) is 3.32. The van der Waals surface area contributed by atoms with E-state index in [1.807, 2.05) is 45.9 Å². The summed E-state index contributed by atoms with van der Waals surface area (Å²) >= 11 is 6.57. The number of nitrogens with zero attached hydrogens (tertiary/aromatic N) is 2. The Balaban J connectivity index is 2.11. The maximum absolute atomic E-state index is 10.1. The lowest BCUT2D eigenvalue weighted by Gasteiger charge is -2.23. The van der Waals surface area contributed by atoms with Crippen LogP contribution in [0.1, 0.15) is 57.0 Å². The molecule has 0 spiro atoms. The molecule has 6 N–H and O–H groups in total. The second kappa shape index (κ2) is 7.41. The van der Waals surface area contributed by atoms with Crippen molar-refractivity contribution in [2.45, 2.75) is 45.8 Å². The van der Waals surface area contributed by atoms with Gasteiger partial charge >= 0.3 is 0 Å². The van der Waals surface area contributed by atoms with Crippen LogP contribution in [0.2, 0.25) is 5.02 Å². The monoisotopic (exact) mass is 400 g/mol. The van der Waals surface area contributed by atoms with Crippen molar-refractivity contribution in [2.75, 3.05) is 11.1 Å². The first kappa shape index (κ1) is 20.1. The average Bonchev–Trinajstić information content (AvgIpc) is 2.95. The number of rotatable bonds is 5. The van der Waals surface area contributed by atoms with E-state index < -0.39 is 6.10 Å². The van der Waals surface area contributed by atoms with Crippen LogP contribution in [0.3, 0.4) is 0 Å². The van der Waals surface area contributed by atoms with E-state index in [9.17, 15) is 5.11 Å². The summed E-state index contributed by atoms with van der Waals surface area (Å²) in [6.07, 6.45) is 1.43. The molecule has 28 heavy (non-hydrogen) atoms. The van der Waals surface area contributed by atoms with Crippen LogP contribution >= 0.6 is 11.6 Å². The van der Waals surface area contributed by atoms with E-state index in [-0.39, 0.29) is 17.1 Å². The van der Waals surface area contributed by atoms with Crippen molar-refractivity contribution in [1.29, 1.82) is 5.41 Å². The Hall–Kier alpha value is -2.64. The smallest absolute Gasteiger partial charge is 0.141 e. The molecule has 0 aliphatic rings. The van der Waals surface area contributed by atoms with Crippen LogP contribution < -0.4 is 11.1 Å². The number of aromatic nitrogens is 3. The number of anilines is 2. The van der Waals surface area contributed by atoms with Gasteiger partial charge in [-0.1, -0.05) is 30.7 Å². The zero-order valence-corrected chi connectivity index (χ0v) is 17.1. The van der Waals surface area contributed by atoms with Crippen molar-refractivity contribution >= 4 is 39.9 Å². The van der Waals surface area contributed by atoms with E-state index >= 15 is 0 Å². The highest BCUT2D eigenvalue weighted by Crippen LogP contribution is 2.33. The van der Waals surface area contributed by atoms with Gasteiger partial charge in [0.15, 0.2) is 0 Å². The molecule has 0 fully saturated rings. The largest absolute Gasteiger partial charge is 0.388 e. The molecule has 0 aliphatic heterocycles. The van der Waals surface area contributed by atoms with Crippen molar-refractivity contribution in [2.24, 2.45) is 0 Å². The predicted octanol–water partition coefficient (Wildman–Crippen LogP) is 4.26. The summed E-state index contributed by atoms with van der Waals surface area (Å²) < 4.78 is 0. The summed E-state index contributed by atoms with van der Waals surface area (Å²) in [6.45, 7) is 7.90. The average molecular weight is 401 g/mol. The molecule has 0 amide bonds. The Morgan fingerprint density at radius 3 is 2.71 bits per heavy atom. The fourth-order valence-electron chi connectivity index (χ4n) is 3.02. The molecule has 1 unspecified atom stereocenters. The summed E-state index contributed by atoms with van der Waals surface area (Å²) in [5, 5.41) is 23.3. The molecule has 3 aromatic rings. The van der Waals surface area contributed by atoms with E-state index in [1.54, 1.807) is 0 Å². The number of nitrogen functional groups attached to an aromatic ring is 1. The van der Waals surface area contributed by atoms with E-state index in [0.717, 1.165) is 16.5 Å². The van der Waals surface area contributed by atoms with Crippen LogP contribution in [-0.4, -0.2) is 31.3 Å². The number of halogens is 1. The minimum atomic E-state index is -0.546. The number of fused-ring (bicyclic) bond motifs is 1. The number of aliphatic hydroxyl groups is 1. The number of H-pyrrole nitrogens is 1. The second-order valence-corrected chi connectivity index (χ2v) is 8.15. The molecular formula is C20H25ClN6O. The lowest BCUT2D eigenvalue weighted by Crippen LogP contribution is -2.28. The Kier molecular flexibility index (Phi) is 5.32. The molecule has 2 heterocycles. The quantitative estimate of drug-likeness (QED) is 0.409. The lowest BCUT2D eigenvalue weighted by molar-refractivity contribution is 0.174. The molecule has 0 saturated carbocycles. The normalized spacial score (nSPS) is 12.9. The highest BCUT2D eigenvalue weighted by Gasteiger charge is 2.23. The van der Waals surface area contributed by atoms with Crippen LogP contribution in [-0.2, 0) is 0 Å². The molecule has 148 valence electrons. The minimum absolute atomic E-state index is 0.101. The van der Waals surface area contributed by atoms with E-state index in [4.69, 9.17) is 22.7 Å². The Morgan fingerprint density at radius 1 is 1.36 bits per heavy atom. The first-order chi connectivity index (χ1) is 13.1. The molecule has 0 radical (unpaired) electrons. The topological polar surface area (TPSA) is 124 Å². The summed E-state index contributed by atoms with van der Waals surface area (Å²) in [4.78, 5) is 11.5. The Morgan fingerprint density at radius 2 is 2.07 bits per heavy atom. The third-order valence-electron chi connectivity index (χ3n) is 4.40. The number of aromatic amines is 1.